The molecule has 0 bridgehead atoms. The van der Waals surface area contributed by atoms with Crippen molar-refractivity contribution in [2.45, 2.75) is 37.4 Å². The fourth-order valence-corrected chi connectivity index (χ4v) is 4.40. The first-order chi connectivity index (χ1) is 15.3. The SMILES string of the molecule is O=C(Nc1ccc(C(F)(F)F)cc1)C1CCCN1C(=O)[C@@H]1C[C@H]1c1nc2ccccc2[nH]1. The van der Waals surface area contributed by atoms with E-state index >= 15 is 0 Å². The summed E-state index contributed by atoms with van der Waals surface area (Å²) in [6, 6.07) is 11.4. The number of hydrogen-bond donors (Lipinski definition) is 2. The second-order valence-electron chi connectivity index (χ2n) is 8.34. The first-order valence-electron chi connectivity index (χ1n) is 10.5. The van der Waals surface area contributed by atoms with Gasteiger partial charge >= 0.3 is 6.18 Å². The van der Waals surface area contributed by atoms with E-state index in [2.05, 4.69) is 15.3 Å². The van der Waals surface area contributed by atoms with Crippen LogP contribution in [0.1, 0.15) is 36.6 Å². The van der Waals surface area contributed by atoms with Crippen molar-refractivity contribution in [2.24, 2.45) is 5.92 Å². The van der Waals surface area contributed by atoms with Gasteiger partial charge in [-0.15, -0.1) is 0 Å². The van der Waals surface area contributed by atoms with Crippen LogP contribution in [0, 0.1) is 5.92 Å². The summed E-state index contributed by atoms with van der Waals surface area (Å²) < 4.78 is 38.2. The fraction of sp³-hybridized carbons (Fsp3) is 0.348. The van der Waals surface area contributed by atoms with Crippen molar-refractivity contribution in [2.75, 3.05) is 11.9 Å². The van der Waals surface area contributed by atoms with Gasteiger partial charge in [0.25, 0.3) is 0 Å². The lowest BCUT2D eigenvalue weighted by atomic mass is 10.1. The van der Waals surface area contributed by atoms with E-state index in [-0.39, 0.29) is 29.3 Å². The Morgan fingerprint density at radius 2 is 1.84 bits per heavy atom. The van der Waals surface area contributed by atoms with Gasteiger partial charge in [-0.1, -0.05) is 12.1 Å². The van der Waals surface area contributed by atoms with Crippen molar-refractivity contribution >= 4 is 28.5 Å². The molecule has 3 atom stereocenters. The molecule has 2 heterocycles. The zero-order valence-corrected chi connectivity index (χ0v) is 17.0. The average Bonchev–Trinajstić information content (AvgIpc) is 3.20. The molecule has 1 aliphatic heterocycles. The van der Waals surface area contributed by atoms with Crippen LogP contribution in [0.25, 0.3) is 11.0 Å². The average molecular weight is 442 g/mol. The van der Waals surface area contributed by atoms with Gasteiger partial charge in [0.05, 0.1) is 16.6 Å². The molecule has 3 aromatic rings. The van der Waals surface area contributed by atoms with Gasteiger partial charge in [-0.25, -0.2) is 4.98 Å². The molecule has 1 aliphatic carbocycles. The van der Waals surface area contributed by atoms with Crippen LogP contribution in [0.4, 0.5) is 18.9 Å². The van der Waals surface area contributed by atoms with Gasteiger partial charge in [-0.2, -0.15) is 13.2 Å². The molecule has 2 aromatic carbocycles. The predicted octanol–water partition coefficient (Wildman–Crippen LogP) is 4.31. The number of nitrogens with one attached hydrogen (secondary N) is 2. The molecule has 5 rings (SSSR count). The topological polar surface area (TPSA) is 78.1 Å². The molecule has 1 saturated heterocycles. The van der Waals surface area contributed by atoms with Crippen molar-refractivity contribution in [1.29, 1.82) is 0 Å². The number of alkyl halides is 3. The van der Waals surface area contributed by atoms with Crippen LogP contribution in [-0.4, -0.2) is 39.3 Å². The van der Waals surface area contributed by atoms with Crippen molar-refractivity contribution in [1.82, 2.24) is 14.9 Å². The second kappa shape index (κ2) is 7.65. The molecular formula is C23H21F3N4O2. The molecule has 32 heavy (non-hydrogen) atoms. The molecule has 0 radical (unpaired) electrons. The van der Waals surface area contributed by atoms with Crippen LogP contribution >= 0.6 is 0 Å². The Morgan fingerprint density at radius 3 is 2.56 bits per heavy atom. The molecule has 0 spiro atoms. The quantitative estimate of drug-likeness (QED) is 0.632. The second-order valence-corrected chi connectivity index (χ2v) is 8.34. The standard InChI is InChI=1S/C23H21F3N4O2/c24-23(25,26)13-7-9-14(10-8-13)27-21(31)19-6-3-11-30(19)22(32)16-12-15(16)20-28-17-4-1-2-5-18(17)29-20/h1-2,4-5,7-10,15-16,19H,3,6,11-12H2,(H,27,31)(H,28,29)/t15-,16-,19?/m1/s1. The van der Waals surface area contributed by atoms with Gasteiger partial charge in [-0.05, 0) is 55.7 Å². The number of likely N-dealkylation sites (tertiary alicyclic amines) is 1. The van der Waals surface area contributed by atoms with Crippen LogP contribution in [0.3, 0.4) is 0 Å². The largest absolute Gasteiger partial charge is 0.416 e. The number of imidazole rings is 1. The molecule has 6 nitrogen and oxygen atoms in total. The summed E-state index contributed by atoms with van der Waals surface area (Å²) >= 11 is 0. The number of amides is 2. The van der Waals surface area contributed by atoms with Crippen molar-refractivity contribution in [3.05, 3.63) is 59.9 Å². The summed E-state index contributed by atoms with van der Waals surface area (Å²) in [4.78, 5) is 35.3. The van der Waals surface area contributed by atoms with Gasteiger partial charge in [0.15, 0.2) is 0 Å². The monoisotopic (exact) mass is 442 g/mol. The number of H-pyrrole nitrogens is 1. The lowest BCUT2D eigenvalue weighted by molar-refractivity contribution is -0.138. The Hall–Kier alpha value is -3.36. The minimum Gasteiger partial charge on any atom is -0.342 e. The third-order valence-electron chi connectivity index (χ3n) is 6.18. The van der Waals surface area contributed by atoms with Crippen LogP contribution < -0.4 is 5.32 Å². The van der Waals surface area contributed by atoms with Crippen molar-refractivity contribution < 1.29 is 22.8 Å². The van der Waals surface area contributed by atoms with Crippen LogP contribution in [-0.2, 0) is 15.8 Å². The summed E-state index contributed by atoms with van der Waals surface area (Å²) in [5.74, 6) is 0.135. The number of hydrogen-bond acceptors (Lipinski definition) is 3. The van der Waals surface area contributed by atoms with Gasteiger partial charge in [0.1, 0.15) is 11.9 Å². The van der Waals surface area contributed by atoms with E-state index < -0.39 is 17.8 Å². The number of anilines is 1. The summed E-state index contributed by atoms with van der Waals surface area (Å²) in [5.41, 5.74) is 1.28. The highest BCUT2D eigenvalue weighted by atomic mass is 19.4. The predicted molar refractivity (Wildman–Crippen MR) is 112 cm³/mol. The Balaban J connectivity index is 1.24. The van der Waals surface area contributed by atoms with Gasteiger partial charge < -0.3 is 15.2 Å². The highest BCUT2D eigenvalue weighted by Crippen LogP contribution is 2.48. The Labute approximate surface area is 181 Å². The number of carbonyl (C=O) groups is 2. The number of aromatic nitrogens is 2. The number of benzene rings is 2. The first-order valence-corrected chi connectivity index (χ1v) is 10.5. The van der Waals surface area contributed by atoms with E-state index in [0.717, 1.165) is 29.0 Å². The third kappa shape index (κ3) is 3.83. The summed E-state index contributed by atoms with van der Waals surface area (Å²) in [5, 5.41) is 2.65. The highest BCUT2D eigenvalue weighted by molar-refractivity contribution is 5.98. The molecule has 1 unspecified atom stereocenters. The van der Waals surface area contributed by atoms with E-state index in [9.17, 15) is 22.8 Å². The normalized spacial score (nSPS) is 22.8. The molecule has 2 aliphatic rings. The number of rotatable bonds is 4. The van der Waals surface area contributed by atoms with Gasteiger partial charge in [-0.3, -0.25) is 9.59 Å². The minimum absolute atomic E-state index is 0.00845. The lowest BCUT2D eigenvalue weighted by Crippen LogP contribution is -2.44. The minimum atomic E-state index is -4.43. The zero-order chi connectivity index (χ0) is 22.5. The van der Waals surface area contributed by atoms with E-state index in [1.165, 1.54) is 12.1 Å². The Kier molecular flexibility index (Phi) is 4.91. The molecule has 166 valence electrons. The molecule has 2 fully saturated rings. The van der Waals surface area contributed by atoms with E-state index in [4.69, 9.17) is 0 Å². The number of fused-ring (bicyclic) bond motifs is 1. The Bertz CT molecular complexity index is 1140. The van der Waals surface area contributed by atoms with Crippen molar-refractivity contribution in [3.8, 4) is 0 Å². The number of para-hydroxylation sites is 2. The number of halogens is 3. The molecular weight excluding hydrogens is 421 g/mol. The van der Waals surface area contributed by atoms with Crippen LogP contribution in [0.2, 0.25) is 0 Å². The van der Waals surface area contributed by atoms with Gasteiger partial charge in [0, 0.05) is 24.1 Å². The highest BCUT2D eigenvalue weighted by Gasteiger charge is 2.50. The maximum Gasteiger partial charge on any atom is 0.416 e. The van der Waals surface area contributed by atoms with E-state index in [1.807, 2.05) is 24.3 Å². The Morgan fingerprint density at radius 1 is 1.09 bits per heavy atom. The van der Waals surface area contributed by atoms with Crippen LogP contribution in [0.5, 0.6) is 0 Å². The molecule has 1 aromatic heterocycles. The maximum absolute atomic E-state index is 13.1. The maximum atomic E-state index is 13.1. The summed E-state index contributed by atoms with van der Waals surface area (Å²) in [7, 11) is 0. The smallest absolute Gasteiger partial charge is 0.342 e. The van der Waals surface area contributed by atoms with Crippen LogP contribution in [0.15, 0.2) is 48.5 Å². The first kappa shape index (κ1) is 20.5. The summed E-state index contributed by atoms with van der Waals surface area (Å²) in [6.45, 7) is 0.493. The van der Waals surface area contributed by atoms with E-state index in [0.29, 0.717) is 25.8 Å². The molecule has 1 saturated carbocycles. The lowest BCUT2D eigenvalue weighted by Gasteiger charge is -2.24. The molecule has 2 amide bonds. The van der Waals surface area contributed by atoms with E-state index in [1.54, 1.807) is 4.90 Å². The fourth-order valence-electron chi connectivity index (χ4n) is 4.40. The molecule has 9 heteroatoms. The third-order valence-corrected chi connectivity index (χ3v) is 6.18. The molecule has 2 N–H and O–H groups in total. The number of aromatic amines is 1. The van der Waals surface area contributed by atoms with Crippen molar-refractivity contribution in [3.63, 3.8) is 0 Å². The zero-order valence-electron chi connectivity index (χ0n) is 17.0. The summed E-state index contributed by atoms with van der Waals surface area (Å²) in [6.07, 6.45) is -2.51. The van der Waals surface area contributed by atoms with Gasteiger partial charge in [0.2, 0.25) is 11.8 Å². The number of carbonyl (C=O) groups excluding carboxylic acids is 2. The number of nitrogens with zero attached hydrogens (tertiary/aromatic N) is 2.